The summed E-state index contributed by atoms with van der Waals surface area (Å²) in [6.45, 7) is 7.72. The maximum atomic E-state index is 13.4. The lowest BCUT2D eigenvalue weighted by Crippen LogP contribution is -2.42. The molecule has 3 fully saturated rings. The van der Waals surface area contributed by atoms with E-state index in [9.17, 15) is 32.3 Å². The molecule has 1 N–H and O–H groups in total. The second-order valence-corrected chi connectivity index (χ2v) is 13.3. The summed E-state index contributed by atoms with van der Waals surface area (Å²) in [7, 11) is 0. The predicted octanol–water partition coefficient (Wildman–Crippen LogP) is 4.79. The van der Waals surface area contributed by atoms with E-state index in [2.05, 4.69) is 15.1 Å². The number of thiophene rings is 1. The predicted molar refractivity (Wildman–Crippen MR) is 154 cm³/mol. The molecule has 2 unspecified atom stereocenters. The summed E-state index contributed by atoms with van der Waals surface area (Å²) in [6, 6.07) is 5.50. The van der Waals surface area contributed by atoms with Gasteiger partial charge < -0.3 is 10.2 Å². The highest BCUT2D eigenvalue weighted by atomic mass is 32.1. The molecule has 0 spiro atoms. The number of pyridine rings is 2. The Morgan fingerprint density at radius 1 is 1.11 bits per heavy atom. The van der Waals surface area contributed by atoms with Gasteiger partial charge in [-0.15, -0.1) is 16.4 Å². The topological polar surface area (TPSA) is 122 Å². The van der Waals surface area contributed by atoms with Crippen LogP contribution < -0.4 is 5.32 Å². The van der Waals surface area contributed by atoms with Crippen LogP contribution in [0.15, 0.2) is 24.4 Å². The summed E-state index contributed by atoms with van der Waals surface area (Å²) in [4.78, 5) is 66.1. The average Bonchev–Trinajstić information content (AvgIpc) is 3.19. The van der Waals surface area contributed by atoms with Crippen LogP contribution >= 0.6 is 11.3 Å². The number of halogens is 3. The van der Waals surface area contributed by atoms with Crippen LogP contribution in [-0.4, -0.2) is 62.9 Å². The second kappa shape index (κ2) is 10.6. The van der Waals surface area contributed by atoms with Gasteiger partial charge in [0.05, 0.1) is 40.0 Å². The van der Waals surface area contributed by atoms with Gasteiger partial charge in [-0.1, -0.05) is 13.8 Å². The van der Waals surface area contributed by atoms with Gasteiger partial charge in [-0.25, -0.2) is 4.79 Å². The van der Waals surface area contributed by atoms with E-state index >= 15 is 0 Å². The van der Waals surface area contributed by atoms with Crippen molar-refractivity contribution in [1.82, 2.24) is 19.9 Å². The van der Waals surface area contributed by atoms with E-state index in [1.165, 1.54) is 16.2 Å². The number of rotatable bonds is 6. The highest BCUT2D eigenvalue weighted by Crippen LogP contribution is 2.63. The zero-order chi connectivity index (χ0) is 31.7. The van der Waals surface area contributed by atoms with Crippen LogP contribution in [0.3, 0.4) is 0 Å². The normalized spacial score (nSPS) is 21.9. The van der Waals surface area contributed by atoms with Gasteiger partial charge >= 0.3 is 12.1 Å². The van der Waals surface area contributed by atoms with Crippen molar-refractivity contribution in [3.8, 4) is 11.3 Å². The Hall–Kier alpha value is -3.91. The fourth-order valence-electron chi connectivity index (χ4n) is 6.36. The molecule has 5 heterocycles. The van der Waals surface area contributed by atoms with Gasteiger partial charge in [0.2, 0.25) is 17.7 Å². The molecule has 10 nitrogen and oxygen atoms in total. The molecule has 14 heteroatoms. The first-order valence-electron chi connectivity index (χ1n) is 14.2. The van der Waals surface area contributed by atoms with E-state index in [1.807, 2.05) is 39.8 Å². The fourth-order valence-corrected chi connectivity index (χ4v) is 7.48. The van der Waals surface area contributed by atoms with Crippen molar-refractivity contribution in [2.45, 2.75) is 53.3 Å². The molecule has 3 aliphatic rings. The molecule has 2 saturated heterocycles. The van der Waals surface area contributed by atoms with Gasteiger partial charge in [0, 0.05) is 41.3 Å². The largest absolute Gasteiger partial charge is 0.492 e. The van der Waals surface area contributed by atoms with Crippen LogP contribution in [0.1, 0.15) is 42.8 Å². The number of likely N-dealkylation sites (tertiary alicyclic amines) is 1. The zero-order valence-electron chi connectivity index (χ0n) is 24.4. The van der Waals surface area contributed by atoms with E-state index in [4.69, 9.17) is 4.98 Å². The van der Waals surface area contributed by atoms with Crippen LogP contribution in [0.5, 0.6) is 0 Å². The smallest absolute Gasteiger partial charge is 0.361 e. The van der Waals surface area contributed by atoms with Crippen LogP contribution in [0, 0.1) is 37.0 Å². The highest BCUT2D eigenvalue weighted by Gasteiger charge is 2.72. The minimum Gasteiger partial charge on any atom is -0.361 e. The standard InChI is InChI=1S/C30H30F3N5O5S/c1-14-11-15(2)35-23(22(14)36-25(39)16-6-9-37(10-7-16)43-28(42)30(31,32)33)18-5-8-34-19-12-17(44-24(18)19)13-38-26(40)20-21(27(38)41)29(20,3)4/h5,8,11-12,16,20-21H,6-7,9-10,13H2,1-4H3,(H,36,39). The molecule has 2 atom stereocenters. The number of imide groups is 1. The number of alkyl halides is 3. The van der Waals surface area contributed by atoms with Crippen LogP contribution in [0.2, 0.25) is 0 Å². The van der Waals surface area contributed by atoms with Crippen molar-refractivity contribution in [2.75, 3.05) is 18.4 Å². The molecule has 44 heavy (non-hydrogen) atoms. The van der Waals surface area contributed by atoms with Crippen molar-refractivity contribution in [3.05, 3.63) is 40.5 Å². The number of hydrogen-bond donors (Lipinski definition) is 1. The minimum absolute atomic E-state index is 0.0120. The third-order valence-corrected chi connectivity index (χ3v) is 9.93. The van der Waals surface area contributed by atoms with Crippen molar-refractivity contribution in [2.24, 2.45) is 23.2 Å². The molecule has 0 bridgehead atoms. The van der Waals surface area contributed by atoms with Crippen LogP contribution in [0.4, 0.5) is 18.9 Å². The molecular weight excluding hydrogens is 599 g/mol. The first kappa shape index (κ1) is 30.1. The number of nitrogens with zero attached hydrogens (tertiary/aromatic N) is 4. The number of amides is 3. The molecule has 3 amide bonds. The number of nitrogens with one attached hydrogen (secondary N) is 1. The van der Waals surface area contributed by atoms with E-state index in [0.29, 0.717) is 16.9 Å². The summed E-state index contributed by atoms with van der Waals surface area (Å²) < 4.78 is 38.5. The Labute approximate surface area is 254 Å². The first-order chi connectivity index (χ1) is 20.7. The number of aromatic nitrogens is 2. The summed E-state index contributed by atoms with van der Waals surface area (Å²) >= 11 is 1.41. The lowest BCUT2D eigenvalue weighted by atomic mass is 9.96. The Kier molecular flexibility index (Phi) is 7.27. The molecule has 2 aliphatic heterocycles. The molecular formula is C30H30F3N5O5S. The summed E-state index contributed by atoms with van der Waals surface area (Å²) in [5.74, 6) is -3.90. The molecule has 6 rings (SSSR count). The molecule has 1 saturated carbocycles. The molecule has 1 aliphatic carbocycles. The monoisotopic (exact) mass is 629 g/mol. The van der Waals surface area contributed by atoms with Gasteiger partial charge in [0.25, 0.3) is 0 Å². The zero-order valence-corrected chi connectivity index (χ0v) is 25.3. The minimum atomic E-state index is -5.09. The Morgan fingerprint density at radius 2 is 1.77 bits per heavy atom. The number of aryl methyl sites for hydroxylation is 2. The second-order valence-electron chi connectivity index (χ2n) is 12.2. The SMILES string of the molecule is Cc1cc(C)c(NC(=O)C2CCN(OC(=O)C(F)(F)F)CC2)c(-c2ccnc3cc(CN4C(=O)C5C(C4=O)C5(C)C)sc23)n1. The Balaban J connectivity index is 1.22. The number of piperidine rings is 2. The van der Waals surface area contributed by atoms with Crippen LogP contribution in [0.25, 0.3) is 21.5 Å². The molecule has 3 aromatic rings. The van der Waals surface area contributed by atoms with Gasteiger partial charge in [-0.2, -0.15) is 13.2 Å². The number of anilines is 1. The lowest BCUT2D eigenvalue weighted by molar-refractivity contribution is -0.242. The van der Waals surface area contributed by atoms with E-state index in [-0.39, 0.29) is 67.4 Å². The van der Waals surface area contributed by atoms with Gasteiger partial charge in [-0.05, 0) is 55.9 Å². The lowest BCUT2D eigenvalue weighted by Gasteiger charge is -2.30. The van der Waals surface area contributed by atoms with E-state index in [0.717, 1.165) is 31.5 Å². The molecule has 232 valence electrons. The molecule has 0 aromatic carbocycles. The van der Waals surface area contributed by atoms with E-state index < -0.39 is 18.1 Å². The third-order valence-electron chi connectivity index (χ3n) is 8.78. The average molecular weight is 630 g/mol. The van der Waals surface area contributed by atoms with Crippen molar-refractivity contribution in [3.63, 3.8) is 0 Å². The third kappa shape index (κ3) is 5.23. The Bertz CT molecular complexity index is 1690. The van der Waals surface area contributed by atoms with Gasteiger partial charge in [-0.3, -0.25) is 29.3 Å². The molecule has 0 radical (unpaired) electrons. The van der Waals surface area contributed by atoms with Gasteiger partial charge in [0.15, 0.2) is 0 Å². The van der Waals surface area contributed by atoms with Crippen molar-refractivity contribution in [1.29, 1.82) is 0 Å². The quantitative estimate of drug-likeness (QED) is 0.387. The van der Waals surface area contributed by atoms with Crippen molar-refractivity contribution < 1.29 is 37.2 Å². The maximum absolute atomic E-state index is 13.4. The Morgan fingerprint density at radius 3 is 2.41 bits per heavy atom. The highest BCUT2D eigenvalue weighted by molar-refractivity contribution is 7.19. The first-order valence-corrected chi connectivity index (χ1v) is 15.0. The van der Waals surface area contributed by atoms with E-state index in [1.54, 1.807) is 12.3 Å². The van der Waals surface area contributed by atoms with Gasteiger partial charge in [0.1, 0.15) is 0 Å². The molecule has 3 aromatic heterocycles. The number of fused-ring (bicyclic) bond motifs is 2. The summed E-state index contributed by atoms with van der Waals surface area (Å²) in [5.41, 5.74) is 3.65. The number of hydrogen-bond acceptors (Lipinski definition) is 9. The number of carbonyl (C=O) groups excluding carboxylic acids is 4. The number of hydroxylamine groups is 2. The maximum Gasteiger partial charge on any atom is 0.492 e. The fraction of sp³-hybridized carbons (Fsp3) is 0.467. The van der Waals surface area contributed by atoms with Crippen LogP contribution in [-0.2, 0) is 30.6 Å². The van der Waals surface area contributed by atoms with Crippen molar-refractivity contribution >= 4 is 50.9 Å². The number of carbonyl (C=O) groups is 4. The summed E-state index contributed by atoms with van der Waals surface area (Å²) in [6.07, 6.45) is -3.06. The summed E-state index contributed by atoms with van der Waals surface area (Å²) in [5, 5.41) is 3.92.